The average Bonchev–Trinajstić information content (AvgIpc) is 3.24. The Balaban J connectivity index is 1.54. The van der Waals surface area contributed by atoms with Crippen LogP contribution in [0.2, 0.25) is 0 Å². The minimum atomic E-state index is -0.120. The molecule has 182 valence electrons. The molecule has 4 aromatic rings. The molecule has 1 amide bonds. The zero-order valence-corrected chi connectivity index (χ0v) is 21.5. The van der Waals surface area contributed by atoms with Gasteiger partial charge in [0.2, 0.25) is 5.91 Å². The van der Waals surface area contributed by atoms with E-state index in [1.54, 1.807) is 10.8 Å². The molecule has 1 fully saturated rings. The molecule has 0 N–H and O–H groups in total. The number of fused-ring (bicyclic) bond motifs is 3. The van der Waals surface area contributed by atoms with Gasteiger partial charge in [0.25, 0.3) is 5.56 Å². The fourth-order valence-corrected chi connectivity index (χ4v) is 6.45. The van der Waals surface area contributed by atoms with E-state index >= 15 is 0 Å². The maximum atomic E-state index is 13.7. The van der Waals surface area contributed by atoms with Crippen LogP contribution in [0.4, 0.5) is 0 Å². The molecule has 0 aliphatic carbocycles. The molecule has 1 aromatic carbocycles. The monoisotopic (exact) mass is 508 g/mol. The number of amides is 1. The summed E-state index contributed by atoms with van der Waals surface area (Å²) >= 11 is 2.69. The predicted octanol–water partition coefficient (Wildman–Crippen LogP) is 4.80. The second-order valence-corrected chi connectivity index (χ2v) is 10.8. The van der Waals surface area contributed by atoms with E-state index < -0.39 is 0 Å². The molecule has 4 heterocycles. The van der Waals surface area contributed by atoms with E-state index in [2.05, 4.69) is 11.9 Å². The van der Waals surface area contributed by atoms with Gasteiger partial charge in [-0.25, -0.2) is 9.97 Å². The number of aromatic nitrogens is 3. The first kappa shape index (κ1) is 23.8. The highest BCUT2D eigenvalue weighted by Crippen LogP contribution is 2.31. The van der Waals surface area contributed by atoms with E-state index in [0.29, 0.717) is 34.4 Å². The van der Waals surface area contributed by atoms with Crippen LogP contribution >= 0.6 is 23.1 Å². The molecule has 1 aliphatic heterocycles. The number of rotatable bonds is 7. The molecular weight excluding hydrogens is 480 g/mol. The van der Waals surface area contributed by atoms with Gasteiger partial charge in [-0.05, 0) is 43.9 Å². The lowest BCUT2D eigenvalue weighted by Gasteiger charge is -2.30. The topological polar surface area (TPSA) is 77.3 Å². The maximum absolute atomic E-state index is 13.7. The van der Waals surface area contributed by atoms with E-state index in [1.165, 1.54) is 23.1 Å². The second kappa shape index (κ2) is 10.4. The van der Waals surface area contributed by atoms with Gasteiger partial charge in [-0.1, -0.05) is 36.9 Å². The van der Waals surface area contributed by atoms with Gasteiger partial charge in [0.05, 0.1) is 24.4 Å². The average molecular weight is 509 g/mol. The van der Waals surface area contributed by atoms with Crippen molar-refractivity contribution in [1.29, 1.82) is 0 Å². The number of likely N-dealkylation sites (tertiary alicyclic amines) is 1. The van der Waals surface area contributed by atoms with Gasteiger partial charge in [-0.3, -0.25) is 14.2 Å². The van der Waals surface area contributed by atoms with E-state index in [-0.39, 0.29) is 17.2 Å². The van der Waals surface area contributed by atoms with Crippen LogP contribution in [0.15, 0.2) is 52.5 Å². The predicted molar refractivity (Wildman–Crippen MR) is 142 cm³/mol. The number of benzene rings is 1. The molecule has 35 heavy (non-hydrogen) atoms. The number of thioether (sulfide) groups is 1. The van der Waals surface area contributed by atoms with Crippen LogP contribution in [0.25, 0.3) is 20.4 Å². The number of ether oxygens (including phenoxy) is 1. The van der Waals surface area contributed by atoms with E-state index in [9.17, 15) is 9.59 Å². The summed E-state index contributed by atoms with van der Waals surface area (Å²) in [6.07, 6.45) is 3.92. The highest BCUT2D eigenvalue weighted by molar-refractivity contribution is 7.99. The van der Waals surface area contributed by atoms with Crippen molar-refractivity contribution in [1.82, 2.24) is 19.4 Å². The Bertz CT molecular complexity index is 1430. The number of para-hydroxylation sites is 1. The lowest BCUT2D eigenvalue weighted by atomic mass is 10.0. The Labute approximate surface area is 212 Å². The number of hydrogen-bond acceptors (Lipinski definition) is 7. The van der Waals surface area contributed by atoms with E-state index in [4.69, 9.17) is 9.72 Å². The summed E-state index contributed by atoms with van der Waals surface area (Å²) in [7, 11) is 0. The van der Waals surface area contributed by atoms with Crippen LogP contribution in [-0.4, -0.2) is 50.8 Å². The first-order valence-electron chi connectivity index (χ1n) is 11.9. The summed E-state index contributed by atoms with van der Waals surface area (Å²) in [6.45, 7) is 6.57. The quantitative estimate of drug-likeness (QED) is 0.264. The third kappa shape index (κ3) is 4.92. The van der Waals surface area contributed by atoms with Crippen molar-refractivity contribution in [2.75, 3.05) is 25.4 Å². The van der Waals surface area contributed by atoms with Gasteiger partial charge in [0.15, 0.2) is 5.16 Å². The van der Waals surface area contributed by atoms with Crippen molar-refractivity contribution in [3.63, 3.8) is 0 Å². The molecule has 3 aromatic heterocycles. The van der Waals surface area contributed by atoms with Crippen molar-refractivity contribution >= 4 is 49.4 Å². The van der Waals surface area contributed by atoms with Gasteiger partial charge in [0, 0.05) is 30.2 Å². The lowest BCUT2D eigenvalue weighted by molar-refractivity contribution is -0.130. The number of carbonyl (C=O) groups excluding carboxylic acids is 1. The summed E-state index contributed by atoms with van der Waals surface area (Å²) in [5, 5.41) is 1.40. The maximum Gasteiger partial charge on any atom is 0.272 e. The molecule has 0 spiro atoms. The van der Waals surface area contributed by atoms with Gasteiger partial charge in [-0.15, -0.1) is 11.3 Å². The van der Waals surface area contributed by atoms with Crippen LogP contribution in [0.3, 0.4) is 0 Å². The van der Waals surface area contributed by atoms with Gasteiger partial charge in [0.1, 0.15) is 15.3 Å². The molecule has 9 heteroatoms. The highest BCUT2D eigenvalue weighted by Gasteiger charge is 2.23. The Morgan fingerprint density at radius 2 is 2.11 bits per heavy atom. The zero-order valence-electron chi connectivity index (χ0n) is 19.9. The third-order valence-electron chi connectivity index (χ3n) is 6.25. The van der Waals surface area contributed by atoms with Crippen LogP contribution in [0.1, 0.15) is 32.3 Å². The summed E-state index contributed by atoms with van der Waals surface area (Å²) in [5.74, 6) is 1.60. The van der Waals surface area contributed by atoms with Crippen LogP contribution in [0.5, 0.6) is 5.75 Å². The largest absolute Gasteiger partial charge is 0.494 e. The van der Waals surface area contributed by atoms with Crippen LogP contribution < -0.4 is 10.3 Å². The SMILES string of the molecule is CCOc1ccccc1Cn1c(SCC(=O)N2CCC[C@H](C)C2)nc2c(sc3ncccc32)c1=O. The number of pyridine rings is 1. The first-order valence-corrected chi connectivity index (χ1v) is 13.7. The number of hydrogen-bond donors (Lipinski definition) is 0. The molecule has 1 atom stereocenters. The molecule has 0 saturated carbocycles. The van der Waals surface area contributed by atoms with Crippen molar-refractivity contribution in [3.05, 3.63) is 58.5 Å². The number of piperidine rings is 1. The molecule has 5 rings (SSSR count). The Hall–Kier alpha value is -2.91. The van der Waals surface area contributed by atoms with Crippen LogP contribution in [-0.2, 0) is 11.3 Å². The standard InChI is InChI=1S/C26H28N4O3S2/c1-3-33-20-11-5-4-9-18(20)15-30-25(32)23-22(19-10-6-12-27-24(19)35-23)28-26(30)34-16-21(31)29-13-7-8-17(2)14-29/h4-6,9-12,17H,3,7-8,13-16H2,1-2H3/t17-/m0/s1. The molecule has 1 saturated heterocycles. The second-order valence-electron chi connectivity index (χ2n) is 8.84. The zero-order chi connectivity index (χ0) is 24.4. The molecule has 0 unspecified atom stereocenters. The van der Waals surface area contributed by atoms with E-state index in [0.717, 1.165) is 47.5 Å². The number of thiophene rings is 1. The fourth-order valence-electron chi connectivity index (χ4n) is 4.53. The van der Waals surface area contributed by atoms with Crippen LogP contribution in [0, 0.1) is 5.92 Å². The summed E-state index contributed by atoms with van der Waals surface area (Å²) < 4.78 is 8.05. The van der Waals surface area contributed by atoms with Crippen molar-refractivity contribution in [3.8, 4) is 5.75 Å². The number of carbonyl (C=O) groups is 1. The molecule has 7 nitrogen and oxygen atoms in total. The molecular formula is C26H28N4O3S2. The summed E-state index contributed by atoms with van der Waals surface area (Å²) in [4.78, 5) is 38.8. The van der Waals surface area contributed by atoms with Crippen molar-refractivity contribution in [2.24, 2.45) is 5.92 Å². The Kier molecular flexibility index (Phi) is 7.06. The minimum absolute atomic E-state index is 0.0917. The molecule has 0 radical (unpaired) electrons. The van der Waals surface area contributed by atoms with Gasteiger partial charge >= 0.3 is 0 Å². The minimum Gasteiger partial charge on any atom is -0.494 e. The first-order chi connectivity index (χ1) is 17.0. The normalized spacial score (nSPS) is 16.2. The number of nitrogens with zero attached hydrogens (tertiary/aromatic N) is 4. The van der Waals surface area contributed by atoms with Gasteiger partial charge < -0.3 is 9.64 Å². The lowest BCUT2D eigenvalue weighted by Crippen LogP contribution is -2.40. The Morgan fingerprint density at radius 1 is 1.26 bits per heavy atom. The fraction of sp³-hybridized carbons (Fsp3) is 0.385. The Morgan fingerprint density at radius 3 is 2.94 bits per heavy atom. The summed E-state index contributed by atoms with van der Waals surface area (Å²) in [5.41, 5.74) is 1.43. The summed E-state index contributed by atoms with van der Waals surface area (Å²) in [6, 6.07) is 11.5. The van der Waals surface area contributed by atoms with Gasteiger partial charge in [-0.2, -0.15) is 0 Å². The van der Waals surface area contributed by atoms with Crippen molar-refractivity contribution in [2.45, 2.75) is 38.4 Å². The van der Waals surface area contributed by atoms with Crippen molar-refractivity contribution < 1.29 is 9.53 Å². The highest BCUT2D eigenvalue weighted by atomic mass is 32.2. The molecule has 0 bridgehead atoms. The third-order valence-corrected chi connectivity index (χ3v) is 8.31. The molecule has 1 aliphatic rings. The smallest absolute Gasteiger partial charge is 0.272 e. The van der Waals surface area contributed by atoms with E-state index in [1.807, 2.05) is 48.2 Å².